The molecule has 0 amide bonds. The molecule has 3 nitrogen and oxygen atoms in total. The third kappa shape index (κ3) is 2.75. The zero-order chi connectivity index (χ0) is 18.3. The molecule has 0 saturated heterocycles. The standard InChI is InChI=1S/C21H17F2N3/c1-26(2)25-24-21-19(22)11-14(12-20(21)23)16-8-5-9-17-15-7-4-3-6-13(15)10-18(16)17/h3-9,11-12H,10H2,1-2H3. The Labute approximate surface area is 150 Å². The molecular weight excluding hydrogens is 332 g/mol. The molecule has 0 spiro atoms. The first-order valence-corrected chi connectivity index (χ1v) is 8.33. The highest BCUT2D eigenvalue weighted by molar-refractivity contribution is 5.85. The van der Waals surface area contributed by atoms with Gasteiger partial charge in [-0.15, -0.1) is 5.11 Å². The van der Waals surface area contributed by atoms with Gasteiger partial charge in [-0.1, -0.05) is 47.7 Å². The van der Waals surface area contributed by atoms with Crippen LogP contribution in [0.3, 0.4) is 0 Å². The Hall–Kier alpha value is -3.08. The van der Waals surface area contributed by atoms with E-state index in [4.69, 9.17) is 0 Å². The highest BCUT2D eigenvalue weighted by Crippen LogP contribution is 2.42. The van der Waals surface area contributed by atoms with Crippen LogP contribution >= 0.6 is 0 Å². The Morgan fingerprint density at radius 3 is 2.23 bits per heavy atom. The summed E-state index contributed by atoms with van der Waals surface area (Å²) in [4.78, 5) is 0. The molecular formula is C21H17F2N3. The number of rotatable bonds is 3. The Balaban J connectivity index is 1.81. The predicted molar refractivity (Wildman–Crippen MR) is 98.2 cm³/mol. The summed E-state index contributed by atoms with van der Waals surface area (Å²) in [7, 11) is 3.28. The molecule has 1 aliphatic rings. The van der Waals surface area contributed by atoms with Crippen molar-refractivity contribution in [1.29, 1.82) is 0 Å². The maximum absolute atomic E-state index is 14.4. The molecule has 4 rings (SSSR count). The predicted octanol–water partition coefficient (Wildman–Crippen LogP) is 5.76. The summed E-state index contributed by atoms with van der Waals surface area (Å²) < 4.78 is 28.9. The fourth-order valence-electron chi connectivity index (χ4n) is 3.38. The minimum atomic E-state index is -0.723. The second-order valence-electron chi connectivity index (χ2n) is 6.49. The lowest BCUT2D eigenvalue weighted by molar-refractivity contribution is 0.405. The SMILES string of the molecule is CN(C)N=Nc1c(F)cc(-c2cccc3c2Cc2ccccc2-3)cc1F. The summed E-state index contributed by atoms with van der Waals surface area (Å²) in [6.07, 6.45) is 0.757. The van der Waals surface area contributed by atoms with E-state index in [1.807, 2.05) is 24.3 Å². The van der Waals surface area contributed by atoms with Crippen LogP contribution in [0.1, 0.15) is 11.1 Å². The van der Waals surface area contributed by atoms with Crippen LogP contribution in [0, 0.1) is 11.6 Å². The van der Waals surface area contributed by atoms with Crippen LogP contribution in [0.2, 0.25) is 0 Å². The summed E-state index contributed by atoms with van der Waals surface area (Å²) in [6, 6.07) is 16.7. The van der Waals surface area contributed by atoms with Crippen molar-refractivity contribution in [2.75, 3.05) is 14.1 Å². The van der Waals surface area contributed by atoms with Crippen LogP contribution in [-0.2, 0) is 6.42 Å². The molecule has 130 valence electrons. The minimum Gasteiger partial charge on any atom is -0.285 e. The van der Waals surface area contributed by atoms with E-state index in [1.165, 1.54) is 28.3 Å². The van der Waals surface area contributed by atoms with Gasteiger partial charge in [-0.3, -0.25) is 5.01 Å². The molecule has 0 atom stereocenters. The van der Waals surface area contributed by atoms with Gasteiger partial charge in [-0.2, -0.15) is 0 Å². The lowest BCUT2D eigenvalue weighted by atomic mass is 9.95. The minimum absolute atomic E-state index is 0.377. The van der Waals surface area contributed by atoms with Crippen molar-refractivity contribution in [3.05, 3.63) is 77.4 Å². The molecule has 0 aromatic heterocycles. The van der Waals surface area contributed by atoms with Crippen molar-refractivity contribution in [2.45, 2.75) is 6.42 Å². The monoisotopic (exact) mass is 349 g/mol. The van der Waals surface area contributed by atoms with Gasteiger partial charge in [-0.25, -0.2) is 8.78 Å². The van der Waals surface area contributed by atoms with E-state index in [2.05, 4.69) is 28.5 Å². The van der Waals surface area contributed by atoms with Crippen molar-refractivity contribution in [3.63, 3.8) is 0 Å². The van der Waals surface area contributed by atoms with E-state index in [1.54, 1.807) is 14.1 Å². The van der Waals surface area contributed by atoms with E-state index in [0.29, 0.717) is 5.56 Å². The third-order valence-electron chi connectivity index (χ3n) is 4.50. The van der Waals surface area contributed by atoms with Crippen LogP contribution in [-0.4, -0.2) is 19.1 Å². The van der Waals surface area contributed by atoms with Crippen LogP contribution in [0.15, 0.2) is 64.9 Å². The van der Waals surface area contributed by atoms with Crippen molar-refractivity contribution >= 4 is 5.69 Å². The van der Waals surface area contributed by atoms with E-state index in [-0.39, 0.29) is 5.69 Å². The van der Waals surface area contributed by atoms with Gasteiger partial charge in [0.25, 0.3) is 0 Å². The Bertz CT molecular complexity index is 1000. The topological polar surface area (TPSA) is 28.0 Å². The molecule has 0 aliphatic heterocycles. The van der Waals surface area contributed by atoms with Crippen LogP contribution < -0.4 is 0 Å². The van der Waals surface area contributed by atoms with Gasteiger partial charge in [0.2, 0.25) is 0 Å². The zero-order valence-electron chi connectivity index (χ0n) is 14.5. The molecule has 0 bridgehead atoms. The van der Waals surface area contributed by atoms with Gasteiger partial charge in [0, 0.05) is 14.1 Å². The van der Waals surface area contributed by atoms with Gasteiger partial charge < -0.3 is 0 Å². The second kappa shape index (κ2) is 6.33. The lowest BCUT2D eigenvalue weighted by Gasteiger charge is -2.10. The number of benzene rings is 3. The smallest absolute Gasteiger partial charge is 0.159 e. The van der Waals surface area contributed by atoms with Crippen LogP contribution in [0.25, 0.3) is 22.3 Å². The summed E-state index contributed by atoms with van der Waals surface area (Å²) in [6.45, 7) is 0. The average molecular weight is 349 g/mol. The molecule has 0 saturated carbocycles. The first kappa shape index (κ1) is 16.4. The molecule has 5 heteroatoms. The lowest BCUT2D eigenvalue weighted by Crippen LogP contribution is -1.99. The normalized spacial score (nSPS) is 12.3. The molecule has 0 fully saturated rings. The largest absolute Gasteiger partial charge is 0.285 e. The third-order valence-corrected chi connectivity index (χ3v) is 4.50. The fraction of sp³-hybridized carbons (Fsp3) is 0.143. The van der Waals surface area contributed by atoms with E-state index < -0.39 is 11.6 Å². The summed E-state index contributed by atoms with van der Waals surface area (Å²) in [5.74, 6) is -1.45. The molecule has 0 heterocycles. The maximum Gasteiger partial charge on any atom is 0.159 e. The van der Waals surface area contributed by atoms with Crippen LogP contribution in [0.5, 0.6) is 0 Å². The first-order chi connectivity index (χ1) is 12.5. The zero-order valence-corrected chi connectivity index (χ0v) is 14.5. The highest BCUT2D eigenvalue weighted by atomic mass is 19.1. The molecule has 0 N–H and O–H groups in total. The number of nitrogens with zero attached hydrogens (tertiary/aromatic N) is 3. The highest BCUT2D eigenvalue weighted by Gasteiger charge is 2.22. The van der Waals surface area contributed by atoms with Crippen molar-refractivity contribution in [1.82, 2.24) is 5.01 Å². The fourth-order valence-corrected chi connectivity index (χ4v) is 3.38. The summed E-state index contributed by atoms with van der Waals surface area (Å²) in [5.41, 5.74) is 5.60. The number of fused-ring (bicyclic) bond motifs is 3. The summed E-state index contributed by atoms with van der Waals surface area (Å²) >= 11 is 0. The average Bonchev–Trinajstić information content (AvgIpc) is 2.99. The summed E-state index contributed by atoms with van der Waals surface area (Å²) in [5, 5.41) is 8.71. The van der Waals surface area contributed by atoms with E-state index >= 15 is 0 Å². The molecule has 3 aromatic rings. The molecule has 0 unspecified atom stereocenters. The van der Waals surface area contributed by atoms with Gasteiger partial charge >= 0.3 is 0 Å². The molecule has 0 radical (unpaired) electrons. The van der Waals surface area contributed by atoms with E-state index in [0.717, 1.165) is 23.1 Å². The Morgan fingerprint density at radius 2 is 1.50 bits per heavy atom. The quantitative estimate of drug-likeness (QED) is 0.341. The molecule has 26 heavy (non-hydrogen) atoms. The van der Waals surface area contributed by atoms with Crippen LogP contribution in [0.4, 0.5) is 14.5 Å². The van der Waals surface area contributed by atoms with Gasteiger partial charge in [0.15, 0.2) is 17.3 Å². The number of halogens is 2. The van der Waals surface area contributed by atoms with Gasteiger partial charge in [0.1, 0.15) is 0 Å². The maximum atomic E-state index is 14.4. The molecule has 1 aliphatic carbocycles. The first-order valence-electron chi connectivity index (χ1n) is 8.33. The molecule has 3 aromatic carbocycles. The van der Waals surface area contributed by atoms with Gasteiger partial charge in [0.05, 0.1) is 0 Å². The number of hydrogen-bond acceptors (Lipinski definition) is 2. The Morgan fingerprint density at radius 1 is 0.846 bits per heavy atom. The van der Waals surface area contributed by atoms with E-state index in [9.17, 15) is 8.78 Å². The van der Waals surface area contributed by atoms with Crippen molar-refractivity contribution in [3.8, 4) is 22.3 Å². The number of hydrogen-bond donors (Lipinski definition) is 0. The second-order valence-corrected chi connectivity index (χ2v) is 6.49. The van der Waals surface area contributed by atoms with Gasteiger partial charge in [-0.05, 0) is 51.9 Å². The Kier molecular flexibility index (Phi) is 3.99. The van der Waals surface area contributed by atoms with Crippen molar-refractivity contribution in [2.24, 2.45) is 10.3 Å². The van der Waals surface area contributed by atoms with Crippen molar-refractivity contribution < 1.29 is 8.78 Å².